The SMILES string of the molecule is COc1nc(N[C@H]2O[C@@H](CO)[C@@H](O)[C@@H](O)[C@H]2O)c(Br)c(=O)[nH]1. The standard InChI is InChI=1S/C11H16BrN3O7/c1-21-11-14-8(4(12)9(20)15-11)13-10-7(19)6(18)5(17)3(2-16)22-10/h3,5-7,10,16-19H,2H2,1H3,(H2,13,14,15,20)/t3-,5+,6+,7+,10-/m0/s1. The lowest BCUT2D eigenvalue weighted by atomic mass is 9.98. The molecule has 0 amide bonds. The number of hydrogen-bond acceptors (Lipinski definition) is 9. The zero-order valence-corrected chi connectivity index (χ0v) is 13.0. The average Bonchev–Trinajstić information content (AvgIpc) is 2.51. The number of halogens is 1. The highest BCUT2D eigenvalue weighted by atomic mass is 79.9. The third kappa shape index (κ3) is 3.24. The lowest BCUT2D eigenvalue weighted by molar-refractivity contribution is -0.221. The van der Waals surface area contributed by atoms with Gasteiger partial charge in [-0.15, -0.1) is 0 Å². The number of methoxy groups -OCH3 is 1. The van der Waals surface area contributed by atoms with Gasteiger partial charge in [-0.05, 0) is 15.9 Å². The second-order valence-corrected chi connectivity index (χ2v) is 5.42. The van der Waals surface area contributed by atoms with Crippen molar-refractivity contribution in [2.45, 2.75) is 30.6 Å². The number of aliphatic hydroxyl groups excluding tert-OH is 4. The van der Waals surface area contributed by atoms with Crippen LogP contribution in [0.1, 0.15) is 0 Å². The summed E-state index contributed by atoms with van der Waals surface area (Å²) in [5.41, 5.74) is -0.529. The van der Waals surface area contributed by atoms with Gasteiger partial charge in [-0.25, -0.2) is 0 Å². The second kappa shape index (κ2) is 6.89. The molecule has 0 aromatic carbocycles. The molecule has 22 heavy (non-hydrogen) atoms. The highest BCUT2D eigenvalue weighted by Crippen LogP contribution is 2.25. The van der Waals surface area contributed by atoms with Crippen LogP contribution in [0.15, 0.2) is 9.27 Å². The predicted octanol–water partition coefficient (Wildman–Crippen LogP) is -2.25. The van der Waals surface area contributed by atoms with Crippen molar-refractivity contribution in [3.8, 4) is 6.01 Å². The monoisotopic (exact) mass is 381 g/mol. The van der Waals surface area contributed by atoms with Gasteiger partial charge >= 0.3 is 0 Å². The van der Waals surface area contributed by atoms with Crippen molar-refractivity contribution in [1.82, 2.24) is 9.97 Å². The molecule has 0 spiro atoms. The molecular weight excluding hydrogens is 366 g/mol. The fourth-order valence-electron chi connectivity index (χ4n) is 1.99. The Morgan fingerprint density at radius 2 is 2.05 bits per heavy atom. The maximum atomic E-state index is 11.7. The number of anilines is 1. The highest BCUT2D eigenvalue weighted by Gasteiger charge is 2.43. The molecular formula is C11H16BrN3O7. The van der Waals surface area contributed by atoms with Crippen LogP contribution in [0.4, 0.5) is 5.82 Å². The number of H-pyrrole nitrogens is 1. The van der Waals surface area contributed by atoms with Crippen LogP contribution in [0.25, 0.3) is 0 Å². The van der Waals surface area contributed by atoms with Crippen LogP contribution in [-0.2, 0) is 4.74 Å². The van der Waals surface area contributed by atoms with E-state index in [4.69, 9.17) is 14.6 Å². The molecule has 0 saturated carbocycles. The van der Waals surface area contributed by atoms with Gasteiger partial charge in [0.15, 0.2) is 12.0 Å². The Labute approximate surface area is 132 Å². The Hall–Kier alpha value is -1.24. The Morgan fingerprint density at radius 3 is 2.64 bits per heavy atom. The highest BCUT2D eigenvalue weighted by molar-refractivity contribution is 9.10. The zero-order chi connectivity index (χ0) is 16.4. The van der Waals surface area contributed by atoms with E-state index in [-0.39, 0.29) is 16.3 Å². The normalized spacial score (nSPS) is 31.8. The maximum Gasteiger partial charge on any atom is 0.298 e. The summed E-state index contributed by atoms with van der Waals surface area (Å²) in [4.78, 5) is 18.0. The summed E-state index contributed by atoms with van der Waals surface area (Å²) in [5.74, 6) is 0.00456. The van der Waals surface area contributed by atoms with Gasteiger partial charge < -0.3 is 35.2 Å². The zero-order valence-electron chi connectivity index (χ0n) is 11.4. The molecule has 1 aromatic heterocycles. The number of aliphatic hydroxyl groups is 4. The molecule has 1 aromatic rings. The van der Waals surface area contributed by atoms with E-state index in [0.717, 1.165) is 0 Å². The number of ether oxygens (including phenoxy) is 2. The molecule has 11 heteroatoms. The summed E-state index contributed by atoms with van der Waals surface area (Å²) in [5, 5.41) is 41.1. The molecule has 0 bridgehead atoms. The minimum Gasteiger partial charge on any atom is -0.468 e. The number of nitrogens with zero attached hydrogens (tertiary/aromatic N) is 1. The summed E-state index contributed by atoms with van der Waals surface area (Å²) in [6, 6.07) is -0.0692. The number of aromatic nitrogens is 2. The van der Waals surface area contributed by atoms with Crippen LogP contribution < -0.4 is 15.6 Å². The molecule has 0 radical (unpaired) electrons. The summed E-state index contributed by atoms with van der Waals surface area (Å²) in [7, 11) is 1.31. The third-order valence-corrected chi connectivity index (χ3v) is 3.94. The van der Waals surface area contributed by atoms with Crippen LogP contribution in [-0.4, -0.2) is 74.8 Å². The quantitative estimate of drug-likeness (QED) is 0.339. The summed E-state index contributed by atoms with van der Waals surface area (Å²) < 4.78 is 10.1. The molecule has 2 heterocycles. The molecule has 2 rings (SSSR count). The first-order valence-electron chi connectivity index (χ1n) is 6.30. The van der Waals surface area contributed by atoms with Crippen molar-refractivity contribution in [1.29, 1.82) is 0 Å². The predicted molar refractivity (Wildman–Crippen MR) is 76.5 cm³/mol. The van der Waals surface area contributed by atoms with E-state index in [1.807, 2.05) is 0 Å². The lowest BCUT2D eigenvalue weighted by Gasteiger charge is -2.40. The largest absolute Gasteiger partial charge is 0.468 e. The number of rotatable bonds is 4. The van der Waals surface area contributed by atoms with Gasteiger partial charge in [0, 0.05) is 0 Å². The molecule has 1 aliphatic rings. The molecule has 1 saturated heterocycles. The molecule has 5 atom stereocenters. The van der Waals surface area contributed by atoms with Crippen molar-refractivity contribution in [3.63, 3.8) is 0 Å². The van der Waals surface area contributed by atoms with E-state index in [1.54, 1.807) is 0 Å². The van der Waals surface area contributed by atoms with Gasteiger partial charge in [0.25, 0.3) is 11.6 Å². The van der Waals surface area contributed by atoms with E-state index < -0.39 is 42.8 Å². The summed E-state index contributed by atoms with van der Waals surface area (Å²) >= 11 is 3.03. The van der Waals surface area contributed by atoms with Crippen molar-refractivity contribution in [2.75, 3.05) is 19.0 Å². The summed E-state index contributed by atoms with van der Waals surface area (Å²) in [6.45, 7) is -0.559. The lowest BCUT2D eigenvalue weighted by Crippen LogP contribution is -2.60. The van der Waals surface area contributed by atoms with E-state index in [2.05, 4.69) is 31.2 Å². The van der Waals surface area contributed by atoms with Crippen LogP contribution in [0, 0.1) is 0 Å². The van der Waals surface area contributed by atoms with Crippen LogP contribution in [0.2, 0.25) is 0 Å². The minimum atomic E-state index is -1.54. The molecule has 6 N–H and O–H groups in total. The van der Waals surface area contributed by atoms with E-state index in [1.165, 1.54) is 7.11 Å². The van der Waals surface area contributed by atoms with Gasteiger partial charge in [0.05, 0.1) is 13.7 Å². The number of nitrogens with one attached hydrogen (secondary N) is 2. The third-order valence-electron chi connectivity index (χ3n) is 3.21. The Balaban J connectivity index is 2.26. The Kier molecular flexibility index (Phi) is 5.36. The maximum absolute atomic E-state index is 11.7. The van der Waals surface area contributed by atoms with Crippen LogP contribution >= 0.6 is 15.9 Å². The van der Waals surface area contributed by atoms with Crippen molar-refractivity contribution in [3.05, 3.63) is 14.8 Å². The number of aromatic amines is 1. The first kappa shape index (κ1) is 17.1. The average molecular weight is 382 g/mol. The smallest absolute Gasteiger partial charge is 0.298 e. The molecule has 124 valence electrons. The fraction of sp³-hybridized carbons (Fsp3) is 0.636. The van der Waals surface area contributed by atoms with Crippen molar-refractivity contribution in [2.24, 2.45) is 0 Å². The van der Waals surface area contributed by atoms with Crippen LogP contribution in [0.5, 0.6) is 6.01 Å². The van der Waals surface area contributed by atoms with E-state index in [9.17, 15) is 20.1 Å². The fourth-order valence-corrected chi connectivity index (χ4v) is 2.29. The second-order valence-electron chi connectivity index (χ2n) is 4.63. The van der Waals surface area contributed by atoms with Crippen molar-refractivity contribution >= 4 is 21.7 Å². The summed E-state index contributed by atoms with van der Waals surface area (Å²) in [6.07, 6.45) is -6.78. The van der Waals surface area contributed by atoms with Crippen LogP contribution in [0.3, 0.4) is 0 Å². The first-order chi connectivity index (χ1) is 10.4. The Bertz CT molecular complexity index is 581. The van der Waals surface area contributed by atoms with Gasteiger partial charge in [0.1, 0.15) is 28.9 Å². The molecule has 1 aliphatic heterocycles. The molecule has 0 aliphatic carbocycles. The van der Waals surface area contributed by atoms with E-state index >= 15 is 0 Å². The van der Waals surface area contributed by atoms with Gasteiger partial charge in [-0.1, -0.05) is 0 Å². The van der Waals surface area contributed by atoms with E-state index in [0.29, 0.717) is 0 Å². The van der Waals surface area contributed by atoms with Gasteiger partial charge in [-0.2, -0.15) is 4.98 Å². The van der Waals surface area contributed by atoms with Gasteiger partial charge in [-0.3, -0.25) is 9.78 Å². The topological polar surface area (TPSA) is 157 Å². The molecule has 10 nitrogen and oxygen atoms in total. The molecule has 0 unspecified atom stereocenters. The number of hydrogen-bond donors (Lipinski definition) is 6. The molecule has 1 fully saturated rings. The van der Waals surface area contributed by atoms with Gasteiger partial charge in [0.2, 0.25) is 0 Å². The minimum absolute atomic E-state index is 0.00456. The van der Waals surface area contributed by atoms with Crippen molar-refractivity contribution < 1.29 is 29.9 Å². The Morgan fingerprint density at radius 1 is 1.36 bits per heavy atom. The first-order valence-corrected chi connectivity index (χ1v) is 7.09.